The highest BCUT2D eigenvalue weighted by Gasteiger charge is 2.11. The minimum absolute atomic E-state index is 0.0689. The van der Waals surface area contributed by atoms with Crippen LogP contribution in [0.3, 0.4) is 0 Å². The van der Waals surface area contributed by atoms with Gasteiger partial charge in [0.1, 0.15) is 0 Å². The van der Waals surface area contributed by atoms with Crippen LogP contribution >= 0.6 is 0 Å². The Morgan fingerprint density at radius 3 is 2.48 bits per heavy atom. The molecule has 1 heterocycles. The van der Waals surface area contributed by atoms with Gasteiger partial charge in [-0.15, -0.1) is 5.10 Å². The van der Waals surface area contributed by atoms with Gasteiger partial charge in [0.25, 0.3) is 5.91 Å². The summed E-state index contributed by atoms with van der Waals surface area (Å²) >= 11 is 0. The van der Waals surface area contributed by atoms with E-state index in [1.54, 1.807) is 16.8 Å². The number of aromatic nitrogens is 4. The molecule has 0 unspecified atom stereocenters. The number of hydrogen-bond donors (Lipinski definition) is 1. The van der Waals surface area contributed by atoms with Crippen LogP contribution in [0.5, 0.6) is 0 Å². The zero-order valence-electron chi connectivity index (χ0n) is 14.4. The maximum atomic E-state index is 12.4. The van der Waals surface area contributed by atoms with Gasteiger partial charge in [0.05, 0.1) is 5.69 Å². The molecule has 0 radical (unpaired) electrons. The summed E-state index contributed by atoms with van der Waals surface area (Å²) < 4.78 is 1.63. The van der Waals surface area contributed by atoms with E-state index in [2.05, 4.69) is 33.0 Å². The van der Waals surface area contributed by atoms with Gasteiger partial charge in [-0.3, -0.25) is 4.79 Å². The van der Waals surface area contributed by atoms with Crippen molar-refractivity contribution in [1.82, 2.24) is 25.5 Å². The molecule has 3 rings (SSSR count). The lowest BCUT2D eigenvalue weighted by atomic mass is 10.1. The van der Waals surface area contributed by atoms with Crippen LogP contribution < -0.4 is 5.32 Å². The van der Waals surface area contributed by atoms with E-state index in [0.717, 1.165) is 18.5 Å². The highest BCUT2D eigenvalue weighted by Crippen LogP contribution is 2.10. The Balaban J connectivity index is 1.56. The fourth-order valence-electron chi connectivity index (χ4n) is 2.63. The van der Waals surface area contributed by atoms with E-state index in [1.165, 1.54) is 5.56 Å². The average molecular weight is 335 g/mol. The van der Waals surface area contributed by atoms with Crippen LogP contribution in [0.25, 0.3) is 5.69 Å². The summed E-state index contributed by atoms with van der Waals surface area (Å²) in [6.45, 7) is 3.86. The molecule has 0 aliphatic heterocycles. The molecule has 0 aliphatic rings. The summed E-state index contributed by atoms with van der Waals surface area (Å²) in [5.74, 6) is 0.632. The molecule has 0 fully saturated rings. The SMILES string of the molecule is Cc1nnnn1-c1ccc(C(=O)N[C@H](C)CCc2ccccc2)cc1. The van der Waals surface area contributed by atoms with Crippen molar-refractivity contribution in [3.63, 3.8) is 0 Å². The molecule has 1 aromatic heterocycles. The predicted molar refractivity (Wildman–Crippen MR) is 95.6 cm³/mol. The van der Waals surface area contributed by atoms with Crippen LogP contribution in [-0.2, 0) is 6.42 Å². The van der Waals surface area contributed by atoms with Gasteiger partial charge >= 0.3 is 0 Å². The van der Waals surface area contributed by atoms with E-state index >= 15 is 0 Å². The lowest BCUT2D eigenvalue weighted by Gasteiger charge is -2.14. The maximum absolute atomic E-state index is 12.4. The van der Waals surface area contributed by atoms with Gasteiger partial charge in [0, 0.05) is 11.6 Å². The topological polar surface area (TPSA) is 72.7 Å². The second kappa shape index (κ2) is 7.70. The lowest BCUT2D eigenvalue weighted by Crippen LogP contribution is -2.32. The minimum atomic E-state index is -0.0689. The summed E-state index contributed by atoms with van der Waals surface area (Å²) in [5, 5.41) is 14.4. The number of benzene rings is 2. The van der Waals surface area contributed by atoms with Gasteiger partial charge < -0.3 is 5.32 Å². The summed E-state index contributed by atoms with van der Waals surface area (Å²) in [6, 6.07) is 17.6. The number of carbonyl (C=O) groups excluding carboxylic acids is 1. The fourth-order valence-corrected chi connectivity index (χ4v) is 2.63. The zero-order chi connectivity index (χ0) is 17.6. The molecule has 0 aliphatic carbocycles. The summed E-state index contributed by atoms with van der Waals surface area (Å²) in [7, 11) is 0. The molecule has 25 heavy (non-hydrogen) atoms. The number of rotatable bonds is 6. The zero-order valence-corrected chi connectivity index (χ0v) is 14.4. The minimum Gasteiger partial charge on any atom is -0.350 e. The monoisotopic (exact) mass is 335 g/mol. The molecule has 1 amide bonds. The van der Waals surface area contributed by atoms with Crippen LogP contribution in [0.15, 0.2) is 54.6 Å². The van der Waals surface area contributed by atoms with E-state index in [0.29, 0.717) is 11.4 Å². The van der Waals surface area contributed by atoms with Gasteiger partial charge in [-0.2, -0.15) is 4.68 Å². The Morgan fingerprint density at radius 2 is 1.84 bits per heavy atom. The van der Waals surface area contributed by atoms with Gasteiger partial charge in [-0.1, -0.05) is 30.3 Å². The molecule has 128 valence electrons. The first-order valence-corrected chi connectivity index (χ1v) is 8.33. The highest BCUT2D eigenvalue weighted by molar-refractivity contribution is 5.94. The molecule has 1 atom stereocenters. The molecule has 0 saturated heterocycles. The number of amides is 1. The molecular weight excluding hydrogens is 314 g/mol. The van der Waals surface area contributed by atoms with Crippen molar-refractivity contribution in [3.05, 3.63) is 71.5 Å². The number of hydrogen-bond acceptors (Lipinski definition) is 4. The maximum Gasteiger partial charge on any atom is 0.251 e. The van der Waals surface area contributed by atoms with Crippen molar-refractivity contribution in [1.29, 1.82) is 0 Å². The quantitative estimate of drug-likeness (QED) is 0.752. The predicted octanol–water partition coefficient (Wildman–Crippen LogP) is 2.72. The summed E-state index contributed by atoms with van der Waals surface area (Å²) in [4.78, 5) is 12.4. The molecule has 3 aromatic rings. The number of aryl methyl sites for hydroxylation is 2. The van der Waals surface area contributed by atoms with Crippen molar-refractivity contribution in [2.45, 2.75) is 32.7 Å². The highest BCUT2D eigenvalue weighted by atomic mass is 16.1. The van der Waals surface area contributed by atoms with Crippen LogP contribution in [-0.4, -0.2) is 32.2 Å². The molecule has 6 heteroatoms. The van der Waals surface area contributed by atoms with Crippen LogP contribution in [0.4, 0.5) is 0 Å². The van der Waals surface area contributed by atoms with E-state index in [4.69, 9.17) is 0 Å². The lowest BCUT2D eigenvalue weighted by molar-refractivity contribution is 0.0938. The summed E-state index contributed by atoms with van der Waals surface area (Å²) in [6.07, 6.45) is 1.84. The molecule has 2 aromatic carbocycles. The first-order chi connectivity index (χ1) is 12.1. The second-order valence-electron chi connectivity index (χ2n) is 6.08. The molecular formula is C19H21N5O. The first kappa shape index (κ1) is 16.8. The smallest absolute Gasteiger partial charge is 0.251 e. The van der Waals surface area contributed by atoms with E-state index < -0.39 is 0 Å². The van der Waals surface area contributed by atoms with Crippen LogP contribution in [0, 0.1) is 6.92 Å². The van der Waals surface area contributed by atoms with Gasteiger partial charge in [-0.25, -0.2) is 0 Å². The van der Waals surface area contributed by atoms with E-state index in [-0.39, 0.29) is 11.9 Å². The Hall–Kier alpha value is -3.02. The third-order valence-corrected chi connectivity index (χ3v) is 4.09. The van der Waals surface area contributed by atoms with Gasteiger partial charge in [0.2, 0.25) is 0 Å². The van der Waals surface area contributed by atoms with Gasteiger partial charge in [0.15, 0.2) is 5.82 Å². The first-order valence-electron chi connectivity index (χ1n) is 8.33. The number of carbonyl (C=O) groups is 1. The fraction of sp³-hybridized carbons (Fsp3) is 0.263. The van der Waals surface area contributed by atoms with E-state index in [9.17, 15) is 4.79 Å². The third kappa shape index (κ3) is 4.29. The second-order valence-corrected chi connectivity index (χ2v) is 6.08. The van der Waals surface area contributed by atoms with Crippen molar-refractivity contribution >= 4 is 5.91 Å². The Labute approximate surface area is 146 Å². The van der Waals surface area contributed by atoms with Crippen molar-refractivity contribution in [3.8, 4) is 5.69 Å². The summed E-state index contributed by atoms with van der Waals surface area (Å²) in [5.41, 5.74) is 2.74. The Morgan fingerprint density at radius 1 is 1.12 bits per heavy atom. The molecule has 0 spiro atoms. The normalized spacial score (nSPS) is 11.9. The number of tetrazole rings is 1. The largest absolute Gasteiger partial charge is 0.350 e. The van der Waals surface area contributed by atoms with Gasteiger partial charge in [-0.05, 0) is 66.9 Å². The van der Waals surface area contributed by atoms with Crippen LogP contribution in [0.2, 0.25) is 0 Å². The Bertz CT molecular complexity index is 827. The molecule has 6 nitrogen and oxygen atoms in total. The molecule has 0 saturated carbocycles. The number of nitrogens with zero attached hydrogens (tertiary/aromatic N) is 4. The Kier molecular flexibility index (Phi) is 5.18. The molecule has 0 bridgehead atoms. The number of nitrogens with one attached hydrogen (secondary N) is 1. The van der Waals surface area contributed by atoms with Crippen molar-refractivity contribution < 1.29 is 4.79 Å². The average Bonchev–Trinajstić information content (AvgIpc) is 3.07. The van der Waals surface area contributed by atoms with E-state index in [1.807, 2.05) is 44.2 Å². The molecule has 1 N–H and O–H groups in total. The van der Waals surface area contributed by atoms with Crippen molar-refractivity contribution in [2.75, 3.05) is 0 Å². The van der Waals surface area contributed by atoms with Crippen LogP contribution in [0.1, 0.15) is 35.1 Å². The third-order valence-electron chi connectivity index (χ3n) is 4.09. The van der Waals surface area contributed by atoms with Crippen molar-refractivity contribution in [2.24, 2.45) is 0 Å². The standard InChI is InChI=1S/C19H21N5O/c1-14(8-9-16-6-4-3-5-7-16)20-19(25)17-10-12-18(13-11-17)24-15(2)21-22-23-24/h3-7,10-14H,8-9H2,1-2H3,(H,20,25)/t14-/m1/s1.